The quantitative estimate of drug-likeness (QED) is 0.791. The molecule has 0 aliphatic carbocycles. The fourth-order valence-electron chi connectivity index (χ4n) is 2.02. The zero-order valence-corrected chi connectivity index (χ0v) is 13.9. The number of sulfonamides is 1. The molecule has 124 valence electrons. The van der Waals surface area contributed by atoms with Crippen LogP contribution in [0.5, 0.6) is 0 Å². The summed E-state index contributed by atoms with van der Waals surface area (Å²) >= 11 is 0. The van der Waals surface area contributed by atoms with Crippen LogP contribution in [0.3, 0.4) is 0 Å². The molecule has 0 radical (unpaired) electrons. The van der Waals surface area contributed by atoms with E-state index in [2.05, 4.69) is 15.2 Å². The molecule has 0 saturated carbocycles. The first-order valence-electron chi connectivity index (χ1n) is 6.95. The highest BCUT2D eigenvalue weighted by Gasteiger charge is 2.32. The summed E-state index contributed by atoms with van der Waals surface area (Å²) in [6.07, 6.45) is 3.18. The third kappa shape index (κ3) is 3.57. The Morgan fingerprint density at radius 3 is 2.78 bits per heavy atom. The average molecular weight is 338 g/mol. The number of H-pyrrole nitrogens is 1. The Balaban J connectivity index is 2.34. The molecular formula is C14H18N4O4S. The number of aromatic amines is 1. The topological polar surface area (TPSA) is 105 Å². The number of esters is 1. The Morgan fingerprint density at radius 2 is 2.17 bits per heavy atom. The lowest BCUT2D eigenvalue weighted by molar-refractivity contribution is 0.0521. The highest BCUT2D eigenvalue weighted by Crippen LogP contribution is 2.21. The minimum Gasteiger partial charge on any atom is -0.462 e. The van der Waals surface area contributed by atoms with Crippen LogP contribution in [-0.2, 0) is 21.3 Å². The van der Waals surface area contributed by atoms with Gasteiger partial charge in [-0.25, -0.2) is 13.2 Å². The van der Waals surface area contributed by atoms with Gasteiger partial charge in [0, 0.05) is 31.7 Å². The third-order valence-corrected chi connectivity index (χ3v) is 4.91. The minimum atomic E-state index is -3.95. The Kier molecular flexibility index (Phi) is 5.12. The summed E-state index contributed by atoms with van der Waals surface area (Å²) in [6.45, 7) is 3.48. The van der Waals surface area contributed by atoms with E-state index in [-0.39, 0.29) is 23.7 Å². The summed E-state index contributed by atoms with van der Waals surface area (Å²) in [5.74, 6) is -0.716. The molecule has 0 unspecified atom stereocenters. The number of aromatic nitrogens is 3. The smallest absolute Gasteiger partial charge is 0.343 e. The summed E-state index contributed by atoms with van der Waals surface area (Å²) in [7, 11) is -2.53. The molecule has 23 heavy (non-hydrogen) atoms. The van der Waals surface area contributed by atoms with Crippen LogP contribution >= 0.6 is 0 Å². The van der Waals surface area contributed by atoms with Crippen molar-refractivity contribution in [3.63, 3.8) is 0 Å². The van der Waals surface area contributed by atoms with Crippen molar-refractivity contribution in [1.82, 2.24) is 19.5 Å². The van der Waals surface area contributed by atoms with Crippen LogP contribution in [0.1, 0.15) is 28.5 Å². The van der Waals surface area contributed by atoms with Crippen LogP contribution in [0.15, 0.2) is 29.6 Å². The van der Waals surface area contributed by atoms with E-state index in [1.165, 1.54) is 7.05 Å². The standard InChI is InChI=1S/C14H18N4O4S/c1-4-22-14(19)12-10(2)16-17-13(12)23(20,21)18(3)9-11-6-5-7-15-8-11/h5-8H,4,9H2,1-3H3,(H,16,17). The monoisotopic (exact) mass is 338 g/mol. The van der Waals surface area contributed by atoms with Crippen molar-refractivity contribution in [2.45, 2.75) is 25.4 Å². The second-order valence-electron chi connectivity index (χ2n) is 4.87. The molecule has 2 aromatic rings. The largest absolute Gasteiger partial charge is 0.462 e. The minimum absolute atomic E-state index is 0.0649. The van der Waals surface area contributed by atoms with Gasteiger partial charge in [0.25, 0.3) is 10.0 Å². The molecule has 0 aliphatic rings. The predicted octanol–water partition coefficient (Wildman–Crippen LogP) is 1.11. The van der Waals surface area contributed by atoms with Crippen molar-refractivity contribution < 1.29 is 17.9 Å². The van der Waals surface area contributed by atoms with E-state index >= 15 is 0 Å². The van der Waals surface area contributed by atoms with E-state index in [1.54, 1.807) is 38.4 Å². The first kappa shape index (κ1) is 17.1. The summed E-state index contributed by atoms with van der Waals surface area (Å²) in [5, 5.41) is 5.98. The lowest BCUT2D eigenvalue weighted by Gasteiger charge is -2.16. The number of nitrogens with zero attached hydrogens (tertiary/aromatic N) is 3. The second-order valence-corrected chi connectivity index (χ2v) is 6.83. The van der Waals surface area contributed by atoms with E-state index in [1.807, 2.05) is 0 Å². The third-order valence-electron chi connectivity index (χ3n) is 3.18. The average Bonchev–Trinajstić information content (AvgIpc) is 2.91. The first-order chi connectivity index (χ1) is 10.9. The number of aryl methyl sites for hydroxylation is 1. The number of hydrogen-bond donors (Lipinski definition) is 1. The van der Waals surface area contributed by atoms with Crippen LogP contribution < -0.4 is 0 Å². The summed E-state index contributed by atoms with van der Waals surface area (Å²) in [5.41, 5.74) is 1.00. The molecule has 0 bridgehead atoms. The lowest BCUT2D eigenvalue weighted by Crippen LogP contribution is -2.28. The van der Waals surface area contributed by atoms with E-state index in [0.29, 0.717) is 5.69 Å². The van der Waals surface area contributed by atoms with Gasteiger partial charge in [-0.05, 0) is 25.5 Å². The predicted molar refractivity (Wildman–Crippen MR) is 82.2 cm³/mol. The molecule has 8 nitrogen and oxygen atoms in total. The maximum absolute atomic E-state index is 12.7. The van der Waals surface area contributed by atoms with Crippen molar-refractivity contribution in [3.8, 4) is 0 Å². The molecule has 2 heterocycles. The number of rotatable bonds is 6. The zero-order chi connectivity index (χ0) is 17.0. The highest BCUT2D eigenvalue weighted by molar-refractivity contribution is 7.89. The van der Waals surface area contributed by atoms with Crippen molar-refractivity contribution in [1.29, 1.82) is 0 Å². The van der Waals surface area contributed by atoms with Gasteiger partial charge in [-0.15, -0.1) is 0 Å². The van der Waals surface area contributed by atoms with Gasteiger partial charge < -0.3 is 4.74 Å². The van der Waals surface area contributed by atoms with Gasteiger partial charge in [0.05, 0.1) is 6.61 Å². The number of ether oxygens (including phenoxy) is 1. The molecule has 9 heteroatoms. The van der Waals surface area contributed by atoms with Gasteiger partial charge in [0.2, 0.25) is 5.03 Å². The normalized spacial score (nSPS) is 11.7. The lowest BCUT2D eigenvalue weighted by atomic mass is 10.3. The van der Waals surface area contributed by atoms with E-state index in [9.17, 15) is 13.2 Å². The maximum Gasteiger partial charge on any atom is 0.343 e. The Morgan fingerprint density at radius 1 is 1.43 bits per heavy atom. The zero-order valence-electron chi connectivity index (χ0n) is 13.1. The Bertz CT molecular complexity index is 786. The second kappa shape index (κ2) is 6.88. The van der Waals surface area contributed by atoms with Crippen LogP contribution in [0, 0.1) is 6.92 Å². The van der Waals surface area contributed by atoms with Crippen LogP contribution in [0.2, 0.25) is 0 Å². The summed E-state index contributed by atoms with van der Waals surface area (Å²) < 4.78 is 31.4. The molecule has 0 saturated heterocycles. The Labute approximate surface area is 134 Å². The van der Waals surface area contributed by atoms with Crippen molar-refractivity contribution in [2.24, 2.45) is 0 Å². The van der Waals surface area contributed by atoms with Gasteiger partial charge in [0.15, 0.2) is 0 Å². The van der Waals surface area contributed by atoms with Crippen molar-refractivity contribution in [3.05, 3.63) is 41.3 Å². The molecule has 0 amide bonds. The van der Waals surface area contributed by atoms with Gasteiger partial charge in [-0.2, -0.15) is 9.40 Å². The fraction of sp³-hybridized carbons (Fsp3) is 0.357. The summed E-state index contributed by atoms with van der Waals surface area (Å²) in [4.78, 5) is 15.9. The molecule has 0 fully saturated rings. The van der Waals surface area contributed by atoms with Gasteiger partial charge in [-0.1, -0.05) is 6.07 Å². The fourth-order valence-corrected chi connectivity index (χ4v) is 3.29. The Hall–Kier alpha value is -2.26. The number of hydrogen-bond acceptors (Lipinski definition) is 6. The van der Waals surface area contributed by atoms with Crippen molar-refractivity contribution >= 4 is 16.0 Å². The van der Waals surface area contributed by atoms with Gasteiger partial charge in [0.1, 0.15) is 5.56 Å². The number of nitrogens with one attached hydrogen (secondary N) is 1. The van der Waals surface area contributed by atoms with Crippen molar-refractivity contribution in [2.75, 3.05) is 13.7 Å². The van der Waals surface area contributed by atoms with Crippen LogP contribution in [0.4, 0.5) is 0 Å². The molecule has 0 atom stereocenters. The molecule has 2 rings (SSSR count). The SMILES string of the molecule is CCOC(=O)c1c(S(=O)(=O)N(C)Cc2cccnc2)n[nH]c1C. The molecule has 0 spiro atoms. The molecular weight excluding hydrogens is 320 g/mol. The van der Waals surface area contributed by atoms with E-state index < -0.39 is 16.0 Å². The highest BCUT2D eigenvalue weighted by atomic mass is 32.2. The number of carbonyl (C=O) groups is 1. The van der Waals surface area contributed by atoms with E-state index in [4.69, 9.17) is 4.74 Å². The molecule has 0 aromatic carbocycles. The van der Waals surface area contributed by atoms with Crippen LogP contribution in [0.25, 0.3) is 0 Å². The molecule has 0 aliphatic heterocycles. The van der Waals surface area contributed by atoms with Crippen LogP contribution in [-0.4, -0.2) is 47.5 Å². The molecule has 2 aromatic heterocycles. The van der Waals surface area contributed by atoms with Gasteiger partial charge >= 0.3 is 5.97 Å². The molecule has 1 N–H and O–H groups in total. The number of pyridine rings is 1. The summed E-state index contributed by atoms with van der Waals surface area (Å²) in [6, 6.07) is 3.49. The maximum atomic E-state index is 12.7. The van der Waals surface area contributed by atoms with Gasteiger partial charge in [-0.3, -0.25) is 10.1 Å². The van der Waals surface area contributed by atoms with E-state index in [0.717, 1.165) is 9.87 Å². The number of carbonyl (C=O) groups excluding carboxylic acids is 1. The first-order valence-corrected chi connectivity index (χ1v) is 8.39.